The molecule has 1 saturated carbocycles. The number of rotatable bonds is 2. The Kier molecular flexibility index (Phi) is 4.25. The van der Waals surface area contributed by atoms with Gasteiger partial charge in [-0.15, -0.1) is 0 Å². The molecule has 0 aliphatic heterocycles. The third-order valence-corrected chi connectivity index (χ3v) is 3.57. The lowest BCUT2D eigenvalue weighted by Crippen LogP contribution is -2.25. The predicted octanol–water partition coefficient (Wildman–Crippen LogP) is 4.19. The highest BCUT2D eigenvalue weighted by Crippen LogP contribution is 2.23. The van der Waals surface area contributed by atoms with E-state index in [4.69, 9.17) is 0 Å². The van der Waals surface area contributed by atoms with Gasteiger partial charge in [0.25, 0.3) is 0 Å². The lowest BCUT2D eigenvalue weighted by atomic mass is 10.1. The molecule has 19 heavy (non-hydrogen) atoms. The monoisotopic (exact) mass is 258 g/mol. The van der Waals surface area contributed by atoms with E-state index >= 15 is 0 Å². The molecule has 102 valence electrons. The van der Waals surface area contributed by atoms with Crippen molar-refractivity contribution < 1.29 is 4.79 Å². The van der Waals surface area contributed by atoms with E-state index in [2.05, 4.69) is 29.7 Å². The maximum atomic E-state index is 11.9. The first-order chi connectivity index (χ1) is 9.06. The Balaban J connectivity index is 2.01. The summed E-state index contributed by atoms with van der Waals surface area (Å²) < 4.78 is 0. The average molecular weight is 258 g/mol. The van der Waals surface area contributed by atoms with E-state index in [-0.39, 0.29) is 6.03 Å². The molecule has 1 aliphatic rings. The summed E-state index contributed by atoms with van der Waals surface area (Å²) in [5.41, 5.74) is 5.66. The summed E-state index contributed by atoms with van der Waals surface area (Å²) in [6.07, 6.45) is 6.57. The van der Waals surface area contributed by atoms with Gasteiger partial charge in [-0.1, -0.05) is 23.3 Å². The van der Waals surface area contributed by atoms with Crippen molar-refractivity contribution in [1.82, 2.24) is 5.32 Å². The highest BCUT2D eigenvalue weighted by molar-refractivity contribution is 5.91. The quantitative estimate of drug-likeness (QED) is 0.820. The Labute approximate surface area is 115 Å². The number of carbonyl (C=O) groups excluding carboxylic acids is 1. The van der Waals surface area contributed by atoms with Gasteiger partial charge < -0.3 is 10.6 Å². The summed E-state index contributed by atoms with van der Waals surface area (Å²) in [5.74, 6) is 0. The molecule has 2 amide bonds. The van der Waals surface area contributed by atoms with E-state index < -0.39 is 0 Å². The predicted molar refractivity (Wildman–Crippen MR) is 79.4 cm³/mol. The van der Waals surface area contributed by atoms with E-state index in [1.165, 1.54) is 24.0 Å². The molecule has 3 heteroatoms. The zero-order valence-electron chi connectivity index (χ0n) is 12.0. The minimum Gasteiger partial charge on any atom is -0.314 e. The lowest BCUT2D eigenvalue weighted by Gasteiger charge is -2.12. The SMILES string of the molecule is Cc1cc(C)c(NC(=O)NC=C2CCCC2)c(C)c1. The van der Waals surface area contributed by atoms with Crippen LogP contribution in [-0.2, 0) is 0 Å². The second kappa shape index (κ2) is 5.91. The molecule has 0 bridgehead atoms. The van der Waals surface area contributed by atoms with Crippen molar-refractivity contribution in [2.75, 3.05) is 5.32 Å². The van der Waals surface area contributed by atoms with Gasteiger partial charge in [-0.2, -0.15) is 0 Å². The van der Waals surface area contributed by atoms with Crippen LogP contribution in [0, 0.1) is 20.8 Å². The first-order valence-corrected chi connectivity index (χ1v) is 6.89. The highest BCUT2D eigenvalue weighted by Gasteiger charge is 2.09. The van der Waals surface area contributed by atoms with Gasteiger partial charge in [0.05, 0.1) is 0 Å². The van der Waals surface area contributed by atoms with Crippen molar-refractivity contribution in [3.63, 3.8) is 0 Å². The number of anilines is 1. The number of aryl methyl sites for hydroxylation is 3. The molecule has 1 aliphatic carbocycles. The van der Waals surface area contributed by atoms with Gasteiger partial charge in [0, 0.05) is 11.9 Å². The van der Waals surface area contributed by atoms with E-state index in [0.717, 1.165) is 29.7 Å². The molecule has 2 rings (SSSR count). The van der Waals surface area contributed by atoms with Crippen molar-refractivity contribution in [2.24, 2.45) is 0 Å². The molecule has 0 unspecified atom stereocenters. The van der Waals surface area contributed by atoms with E-state index in [9.17, 15) is 4.79 Å². The smallest absolute Gasteiger partial charge is 0.314 e. The lowest BCUT2D eigenvalue weighted by molar-refractivity contribution is 0.255. The number of carbonyl (C=O) groups is 1. The van der Waals surface area contributed by atoms with Gasteiger partial charge in [0.15, 0.2) is 0 Å². The number of urea groups is 1. The number of hydrogen-bond donors (Lipinski definition) is 2. The van der Waals surface area contributed by atoms with Gasteiger partial charge in [-0.05, 0) is 57.6 Å². The third kappa shape index (κ3) is 3.60. The fourth-order valence-electron chi connectivity index (χ4n) is 2.67. The Morgan fingerprint density at radius 3 is 2.26 bits per heavy atom. The molecule has 1 aromatic rings. The maximum absolute atomic E-state index is 11.9. The number of benzene rings is 1. The molecule has 1 fully saturated rings. The summed E-state index contributed by atoms with van der Waals surface area (Å²) in [6, 6.07) is 4.00. The van der Waals surface area contributed by atoms with Crippen LogP contribution in [0.2, 0.25) is 0 Å². The molecular formula is C16H22N2O. The molecule has 0 atom stereocenters. The second-order valence-electron chi connectivity index (χ2n) is 5.38. The van der Waals surface area contributed by atoms with Gasteiger partial charge in [0.2, 0.25) is 0 Å². The zero-order valence-corrected chi connectivity index (χ0v) is 12.0. The number of allylic oxidation sites excluding steroid dienone is 1. The molecule has 1 aromatic carbocycles. The molecule has 0 radical (unpaired) electrons. The minimum atomic E-state index is -0.158. The first-order valence-electron chi connectivity index (χ1n) is 6.89. The number of amides is 2. The zero-order chi connectivity index (χ0) is 13.8. The normalized spacial score (nSPS) is 14.4. The Hall–Kier alpha value is -1.77. The summed E-state index contributed by atoms with van der Waals surface area (Å²) in [7, 11) is 0. The van der Waals surface area contributed by atoms with E-state index in [1.54, 1.807) is 0 Å². The highest BCUT2D eigenvalue weighted by atomic mass is 16.2. The van der Waals surface area contributed by atoms with Crippen molar-refractivity contribution in [1.29, 1.82) is 0 Å². The average Bonchev–Trinajstić information content (AvgIpc) is 2.84. The molecule has 0 heterocycles. The van der Waals surface area contributed by atoms with Gasteiger partial charge in [-0.25, -0.2) is 4.79 Å². The Morgan fingerprint density at radius 1 is 1.11 bits per heavy atom. The summed E-state index contributed by atoms with van der Waals surface area (Å²) >= 11 is 0. The van der Waals surface area contributed by atoms with Crippen molar-refractivity contribution in [2.45, 2.75) is 46.5 Å². The maximum Gasteiger partial charge on any atom is 0.323 e. The fraction of sp³-hybridized carbons (Fsp3) is 0.438. The topological polar surface area (TPSA) is 41.1 Å². The van der Waals surface area contributed by atoms with Crippen LogP contribution in [0.5, 0.6) is 0 Å². The number of hydrogen-bond acceptors (Lipinski definition) is 1. The summed E-state index contributed by atoms with van der Waals surface area (Å²) in [5, 5.41) is 5.77. The van der Waals surface area contributed by atoms with Crippen LogP contribution in [-0.4, -0.2) is 6.03 Å². The fourth-order valence-corrected chi connectivity index (χ4v) is 2.67. The van der Waals surface area contributed by atoms with Crippen molar-refractivity contribution in [3.8, 4) is 0 Å². The van der Waals surface area contributed by atoms with Crippen LogP contribution in [0.25, 0.3) is 0 Å². The Morgan fingerprint density at radius 2 is 1.68 bits per heavy atom. The number of nitrogens with one attached hydrogen (secondary N) is 2. The summed E-state index contributed by atoms with van der Waals surface area (Å²) in [4.78, 5) is 11.9. The van der Waals surface area contributed by atoms with Gasteiger partial charge >= 0.3 is 6.03 Å². The minimum absolute atomic E-state index is 0.158. The van der Waals surface area contributed by atoms with Crippen LogP contribution in [0.4, 0.5) is 10.5 Å². The van der Waals surface area contributed by atoms with Crippen LogP contribution >= 0.6 is 0 Å². The molecule has 0 spiro atoms. The molecular weight excluding hydrogens is 236 g/mol. The molecule has 2 N–H and O–H groups in total. The molecule has 0 saturated heterocycles. The van der Waals surface area contributed by atoms with Crippen LogP contribution in [0.3, 0.4) is 0 Å². The Bertz CT molecular complexity index is 486. The van der Waals surface area contributed by atoms with Gasteiger partial charge in [0.1, 0.15) is 0 Å². The third-order valence-electron chi connectivity index (χ3n) is 3.57. The summed E-state index contributed by atoms with van der Waals surface area (Å²) in [6.45, 7) is 6.10. The van der Waals surface area contributed by atoms with Crippen molar-refractivity contribution in [3.05, 3.63) is 40.6 Å². The first kappa shape index (κ1) is 13.7. The van der Waals surface area contributed by atoms with Crippen LogP contribution < -0.4 is 10.6 Å². The largest absolute Gasteiger partial charge is 0.323 e. The van der Waals surface area contributed by atoms with Crippen LogP contribution in [0.1, 0.15) is 42.4 Å². The van der Waals surface area contributed by atoms with Crippen LogP contribution in [0.15, 0.2) is 23.9 Å². The van der Waals surface area contributed by atoms with E-state index in [1.807, 2.05) is 20.0 Å². The van der Waals surface area contributed by atoms with E-state index in [0.29, 0.717) is 0 Å². The second-order valence-corrected chi connectivity index (χ2v) is 5.38. The standard InChI is InChI=1S/C16H22N2O/c1-11-8-12(2)15(13(3)9-11)18-16(19)17-10-14-6-4-5-7-14/h8-10H,4-7H2,1-3H3,(H2,17,18,19). The molecule has 0 aromatic heterocycles. The van der Waals surface area contributed by atoms with Crippen molar-refractivity contribution >= 4 is 11.7 Å². The molecule has 3 nitrogen and oxygen atoms in total. The van der Waals surface area contributed by atoms with Gasteiger partial charge in [-0.3, -0.25) is 0 Å².